The summed E-state index contributed by atoms with van der Waals surface area (Å²) in [6.07, 6.45) is 3.59. The number of carbonyl (C=O) groups excluding carboxylic acids is 2. The fourth-order valence-corrected chi connectivity index (χ4v) is 4.71. The molecule has 1 N–H and O–H groups in total. The quantitative estimate of drug-likeness (QED) is 0.357. The van der Waals surface area contributed by atoms with Crippen LogP contribution < -0.4 is 10.2 Å². The Bertz CT molecular complexity index is 1450. The number of carbonyl (C=O) groups is 2. The fraction of sp³-hybridized carbons (Fsp3) is 0.250. The Labute approximate surface area is 222 Å². The van der Waals surface area contributed by atoms with Crippen LogP contribution in [-0.4, -0.2) is 38.1 Å². The lowest BCUT2D eigenvalue weighted by Gasteiger charge is -2.32. The van der Waals surface area contributed by atoms with Gasteiger partial charge in [0, 0.05) is 11.7 Å². The molecule has 8 nitrogen and oxygen atoms in total. The molecule has 1 aliphatic rings. The second-order valence-electron chi connectivity index (χ2n) is 9.31. The molecule has 39 heavy (non-hydrogen) atoms. The molecule has 3 aromatic carbocycles. The summed E-state index contributed by atoms with van der Waals surface area (Å²) < 4.78 is 41.8. The van der Waals surface area contributed by atoms with Crippen LogP contribution in [0.4, 0.5) is 18.9 Å². The van der Waals surface area contributed by atoms with Gasteiger partial charge in [-0.2, -0.15) is 4.80 Å². The molecule has 1 aliphatic carbocycles. The number of halogens is 3. The number of nitrogens with one attached hydrogen (secondary N) is 1. The Morgan fingerprint density at radius 2 is 1.56 bits per heavy atom. The zero-order valence-corrected chi connectivity index (χ0v) is 20.8. The minimum absolute atomic E-state index is 0.0108. The van der Waals surface area contributed by atoms with E-state index in [1.807, 2.05) is 0 Å². The Morgan fingerprint density at radius 3 is 2.23 bits per heavy atom. The molecule has 0 bridgehead atoms. The lowest BCUT2D eigenvalue weighted by atomic mass is 10.0. The number of aromatic nitrogens is 4. The summed E-state index contributed by atoms with van der Waals surface area (Å²) in [5.41, 5.74) is 0.724. The largest absolute Gasteiger partial charge is 0.351 e. The zero-order valence-electron chi connectivity index (χ0n) is 20.8. The van der Waals surface area contributed by atoms with E-state index in [1.165, 1.54) is 71.6 Å². The molecule has 0 spiro atoms. The van der Waals surface area contributed by atoms with Crippen molar-refractivity contribution < 1.29 is 22.8 Å². The zero-order chi connectivity index (χ0) is 27.4. The summed E-state index contributed by atoms with van der Waals surface area (Å²) >= 11 is 0. The summed E-state index contributed by atoms with van der Waals surface area (Å²) in [5.74, 6) is -2.65. The first-order chi connectivity index (χ1) is 18.9. The highest BCUT2D eigenvalue weighted by Crippen LogP contribution is 2.30. The first-order valence-corrected chi connectivity index (χ1v) is 12.6. The Kier molecular flexibility index (Phi) is 7.67. The van der Waals surface area contributed by atoms with Crippen molar-refractivity contribution in [1.29, 1.82) is 0 Å². The maximum Gasteiger partial charge on any atom is 0.251 e. The summed E-state index contributed by atoms with van der Waals surface area (Å²) in [7, 11) is 0. The van der Waals surface area contributed by atoms with E-state index in [0.29, 0.717) is 5.56 Å². The van der Waals surface area contributed by atoms with Crippen LogP contribution in [0.25, 0.3) is 11.4 Å². The van der Waals surface area contributed by atoms with Crippen molar-refractivity contribution in [3.8, 4) is 11.4 Å². The molecule has 0 aliphatic heterocycles. The van der Waals surface area contributed by atoms with Gasteiger partial charge in [0.25, 0.3) is 5.91 Å². The van der Waals surface area contributed by atoms with E-state index in [2.05, 4.69) is 20.7 Å². The number of amides is 2. The average molecular weight is 535 g/mol. The highest BCUT2D eigenvalue weighted by molar-refractivity contribution is 6.01. The molecule has 1 heterocycles. The third-order valence-corrected chi connectivity index (χ3v) is 6.61. The first kappa shape index (κ1) is 26.1. The number of rotatable bonds is 8. The Balaban J connectivity index is 1.51. The lowest BCUT2D eigenvalue weighted by Crippen LogP contribution is -2.47. The highest BCUT2D eigenvalue weighted by atomic mass is 19.1. The van der Waals surface area contributed by atoms with Crippen LogP contribution in [0.15, 0.2) is 72.8 Å². The molecule has 1 saturated carbocycles. The van der Waals surface area contributed by atoms with Gasteiger partial charge >= 0.3 is 0 Å². The van der Waals surface area contributed by atoms with E-state index in [4.69, 9.17) is 0 Å². The molecule has 0 unspecified atom stereocenters. The van der Waals surface area contributed by atoms with Gasteiger partial charge in [0.2, 0.25) is 11.7 Å². The second-order valence-corrected chi connectivity index (χ2v) is 9.31. The van der Waals surface area contributed by atoms with Crippen molar-refractivity contribution in [2.75, 3.05) is 4.90 Å². The smallest absolute Gasteiger partial charge is 0.251 e. The number of anilines is 1. The fourth-order valence-electron chi connectivity index (χ4n) is 4.71. The number of nitrogens with zero attached hydrogens (tertiary/aromatic N) is 5. The predicted molar refractivity (Wildman–Crippen MR) is 137 cm³/mol. The normalized spacial score (nSPS) is 14.2. The molecule has 11 heteroatoms. The van der Waals surface area contributed by atoms with Gasteiger partial charge in [-0.05, 0) is 72.1 Å². The van der Waals surface area contributed by atoms with Gasteiger partial charge in [0.15, 0.2) is 0 Å². The van der Waals surface area contributed by atoms with Gasteiger partial charge in [0.1, 0.15) is 30.0 Å². The summed E-state index contributed by atoms with van der Waals surface area (Å²) in [6.45, 7) is -0.451. The van der Waals surface area contributed by atoms with Crippen molar-refractivity contribution in [3.63, 3.8) is 0 Å². The number of tetrazole rings is 1. The minimum atomic E-state index is -1.20. The van der Waals surface area contributed by atoms with Crippen LogP contribution in [-0.2, 0) is 16.1 Å². The third-order valence-electron chi connectivity index (χ3n) is 6.61. The van der Waals surface area contributed by atoms with E-state index >= 15 is 0 Å². The van der Waals surface area contributed by atoms with Crippen LogP contribution >= 0.6 is 0 Å². The molecule has 2 amide bonds. The van der Waals surface area contributed by atoms with Crippen molar-refractivity contribution in [2.24, 2.45) is 0 Å². The van der Waals surface area contributed by atoms with Crippen LogP contribution in [0.5, 0.6) is 0 Å². The van der Waals surface area contributed by atoms with E-state index in [1.54, 1.807) is 6.07 Å². The molecule has 4 aromatic rings. The van der Waals surface area contributed by atoms with E-state index in [0.717, 1.165) is 30.5 Å². The molecular weight excluding hydrogens is 509 g/mol. The Morgan fingerprint density at radius 1 is 0.923 bits per heavy atom. The maximum absolute atomic E-state index is 14.2. The standard InChI is InChI=1S/C28H25F3N6O2/c29-19-11-9-18(10-12-19)26(28(39)32-21-5-1-2-6-21)37(22-15-13-20(30)14-16-22)25(38)17-36-34-27(33-35-36)23-7-3-4-8-24(23)31/h3-4,7-16,21,26H,1-2,5-6,17H2,(H,32,39)/t26-/m1/s1. The second kappa shape index (κ2) is 11.5. The van der Waals surface area contributed by atoms with Gasteiger partial charge in [-0.25, -0.2) is 13.2 Å². The summed E-state index contributed by atoms with van der Waals surface area (Å²) in [4.78, 5) is 29.7. The maximum atomic E-state index is 14.2. The SMILES string of the molecule is O=C(NC1CCCC1)[C@@H](c1ccc(F)cc1)N(C(=O)Cn1nnc(-c2ccccc2F)n1)c1ccc(F)cc1. The summed E-state index contributed by atoms with van der Waals surface area (Å²) in [6, 6.07) is 15.0. The van der Waals surface area contributed by atoms with Gasteiger partial charge in [-0.1, -0.05) is 37.1 Å². The highest BCUT2D eigenvalue weighted by Gasteiger charge is 2.35. The molecule has 5 rings (SSSR count). The third kappa shape index (κ3) is 5.97. The molecule has 0 radical (unpaired) electrons. The molecule has 1 aromatic heterocycles. The van der Waals surface area contributed by atoms with Gasteiger partial charge in [0.05, 0.1) is 5.56 Å². The van der Waals surface area contributed by atoms with Crippen molar-refractivity contribution >= 4 is 17.5 Å². The monoisotopic (exact) mass is 534 g/mol. The van der Waals surface area contributed by atoms with E-state index in [-0.39, 0.29) is 23.1 Å². The number of benzene rings is 3. The van der Waals surface area contributed by atoms with Crippen LogP contribution in [0.2, 0.25) is 0 Å². The van der Waals surface area contributed by atoms with Crippen LogP contribution in [0, 0.1) is 17.5 Å². The summed E-state index contributed by atoms with van der Waals surface area (Å²) in [5, 5.41) is 14.9. The first-order valence-electron chi connectivity index (χ1n) is 12.6. The topological polar surface area (TPSA) is 93.0 Å². The van der Waals surface area contributed by atoms with Gasteiger partial charge < -0.3 is 5.32 Å². The van der Waals surface area contributed by atoms with Crippen LogP contribution in [0.1, 0.15) is 37.3 Å². The average Bonchev–Trinajstić information content (AvgIpc) is 3.61. The molecule has 200 valence electrons. The number of hydrogen-bond acceptors (Lipinski definition) is 5. The molecular formula is C28H25F3N6O2. The van der Waals surface area contributed by atoms with E-state index < -0.39 is 41.9 Å². The molecule has 1 atom stereocenters. The molecule has 1 fully saturated rings. The lowest BCUT2D eigenvalue weighted by molar-refractivity contribution is -0.127. The van der Waals surface area contributed by atoms with Gasteiger partial charge in [-0.3, -0.25) is 14.5 Å². The van der Waals surface area contributed by atoms with Crippen molar-refractivity contribution in [2.45, 2.75) is 44.3 Å². The van der Waals surface area contributed by atoms with E-state index in [9.17, 15) is 22.8 Å². The number of hydrogen-bond donors (Lipinski definition) is 1. The van der Waals surface area contributed by atoms with Crippen molar-refractivity contribution in [3.05, 3.63) is 95.8 Å². The van der Waals surface area contributed by atoms with Crippen LogP contribution in [0.3, 0.4) is 0 Å². The molecule has 0 saturated heterocycles. The Hall–Kier alpha value is -4.54. The predicted octanol–water partition coefficient (Wildman–Crippen LogP) is 4.59. The van der Waals surface area contributed by atoms with Crippen molar-refractivity contribution in [1.82, 2.24) is 25.5 Å². The minimum Gasteiger partial charge on any atom is -0.351 e. The van der Waals surface area contributed by atoms with Gasteiger partial charge in [-0.15, -0.1) is 10.2 Å².